The monoisotopic (exact) mass is 270 g/mol. The minimum absolute atomic E-state index is 0.364. The molecule has 2 aromatic rings. The van der Waals surface area contributed by atoms with Crippen molar-refractivity contribution in [1.29, 1.82) is 0 Å². The lowest BCUT2D eigenvalue weighted by Gasteiger charge is -1.89. The second kappa shape index (κ2) is 3.95. The second-order valence-electron chi connectivity index (χ2n) is 2.40. The maximum absolute atomic E-state index is 5.89. The van der Waals surface area contributed by atoms with E-state index in [-0.39, 0.29) is 0 Å². The number of hydrogen-bond donors (Lipinski definition) is 1. The lowest BCUT2D eigenvalue weighted by molar-refractivity contribution is 1.08. The molecule has 0 atom stereocenters. The van der Waals surface area contributed by atoms with Crippen LogP contribution >= 0.6 is 27.5 Å². The van der Waals surface area contributed by atoms with Crippen molar-refractivity contribution in [3.05, 3.63) is 17.2 Å². The third-order valence-corrected chi connectivity index (χ3v) is 2.15. The number of hydrogen-bond acceptors (Lipinski definition) is 3. The van der Waals surface area contributed by atoms with Gasteiger partial charge in [0, 0.05) is 0 Å². The van der Waals surface area contributed by atoms with Gasteiger partial charge in [0.15, 0.2) is 5.65 Å². The Morgan fingerprint density at radius 1 is 1.50 bits per heavy atom. The first-order valence-electron chi connectivity index (χ1n) is 3.72. The van der Waals surface area contributed by atoms with Gasteiger partial charge in [-0.25, -0.2) is 9.97 Å². The van der Waals surface area contributed by atoms with Gasteiger partial charge in [-0.3, -0.25) is 5.10 Å². The average Bonchev–Trinajstić information content (AvgIpc) is 2.59. The Bertz CT molecular complexity index is 525. The van der Waals surface area contributed by atoms with Gasteiger partial charge in [-0.2, -0.15) is 5.10 Å². The van der Waals surface area contributed by atoms with Crippen LogP contribution in [0.15, 0.2) is 6.33 Å². The lowest BCUT2D eigenvalue weighted by atomic mass is 10.3. The number of nitrogens with zero attached hydrogens (tertiary/aromatic N) is 3. The van der Waals surface area contributed by atoms with Crippen LogP contribution in [0.3, 0.4) is 0 Å². The van der Waals surface area contributed by atoms with Crippen LogP contribution in [0.5, 0.6) is 0 Å². The molecule has 0 fully saturated rings. The van der Waals surface area contributed by atoms with E-state index in [1.807, 2.05) is 0 Å². The molecule has 2 aromatic heterocycles. The van der Waals surface area contributed by atoms with E-state index in [0.717, 1.165) is 0 Å². The maximum atomic E-state index is 5.89. The topological polar surface area (TPSA) is 54.5 Å². The molecule has 0 amide bonds. The molecule has 0 spiro atoms. The van der Waals surface area contributed by atoms with Crippen molar-refractivity contribution >= 4 is 38.6 Å². The third-order valence-electron chi connectivity index (χ3n) is 1.58. The lowest BCUT2D eigenvalue weighted by Crippen LogP contribution is -1.82. The first-order valence-corrected chi connectivity index (χ1v) is 5.22. The third kappa shape index (κ3) is 1.59. The number of alkyl halides is 1. The second-order valence-corrected chi connectivity index (χ2v) is 3.32. The number of fused-ring (bicyclic) bond motifs is 1. The van der Waals surface area contributed by atoms with Crippen molar-refractivity contribution in [2.45, 2.75) is 0 Å². The van der Waals surface area contributed by atoms with Gasteiger partial charge in [-0.05, 0) is 5.92 Å². The predicted octanol–water partition coefficient (Wildman–Crippen LogP) is 1.75. The Morgan fingerprint density at radius 2 is 2.36 bits per heavy atom. The largest absolute Gasteiger partial charge is 0.267 e. The highest BCUT2D eigenvalue weighted by atomic mass is 79.9. The molecule has 0 radical (unpaired) electrons. The smallest absolute Gasteiger partial charge is 0.186 e. The zero-order valence-electron chi connectivity index (χ0n) is 6.88. The summed E-state index contributed by atoms with van der Waals surface area (Å²) in [5.41, 5.74) is 1.17. The number of aromatic nitrogens is 4. The molecule has 0 aliphatic rings. The summed E-state index contributed by atoms with van der Waals surface area (Å²) in [6.07, 6.45) is 1.37. The van der Waals surface area contributed by atoms with Crippen LogP contribution in [0.25, 0.3) is 11.0 Å². The number of aromatic amines is 1. The number of nitrogens with one attached hydrogen (secondary N) is 1. The summed E-state index contributed by atoms with van der Waals surface area (Å²) in [5, 5.41) is 8.34. The standard InChI is InChI=1S/C8H4BrClN4/c9-3-1-2-5-6-7(10)11-4-12-8(6)14-13-5/h4H,3H2,(H,11,12,13,14). The van der Waals surface area contributed by atoms with Crippen LogP contribution in [-0.2, 0) is 0 Å². The van der Waals surface area contributed by atoms with Crippen LogP contribution in [0.1, 0.15) is 5.69 Å². The molecule has 4 nitrogen and oxygen atoms in total. The number of rotatable bonds is 0. The summed E-state index contributed by atoms with van der Waals surface area (Å²) in [6.45, 7) is 0. The van der Waals surface area contributed by atoms with Crippen molar-refractivity contribution in [2.75, 3.05) is 5.33 Å². The Morgan fingerprint density at radius 3 is 3.14 bits per heavy atom. The minimum atomic E-state index is 0.364. The van der Waals surface area contributed by atoms with Gasteiger partial charge in [0.1, 0.15) is 17.2 Å². The first kappa shape index (κ1) is 9.44. The van der Waals surface area contributed by atoms with E-state index in [4.69, 9.17) is 11.6 Å². The van der Waals surface area contributed by atoms with Crippen LogP contribution < -0.4 is 0 Å². The number of halogens is 2. The Kier molecular flexibility index (Phi) is 2.66. The van der Waals surface area contributed by atoms with Gasteiger partial charge >= 0.3 is 0 Å². The summed E-state index contributed by atoms with van der Waals surface area (Å²) < 4.78 is 0. The van der Waals surface area contributed by atoms with Gasteiger partial charge in [-0.1, -0.05) is 33.5 Å². The maximum Gasteiger partial charge on any atom is 0.186 e. The van der Waals surface area contributed by atoms with E-state index in [2.05, 4.69) is 47.9 Å². The summed E-state index contributed by atoms with van der Waals surface area (Å²) in [7, 11) is 0. The van der Waals surface area contributed by atoms with Gasteiger partial charge in [0.2, 0.25) is 0 Å². The van der Waals surface area contributed by atoms with Crippen molar-refractivity contribution in [3.63, 3.8) is 0 Å². The minimum Gasteiger partial charge on any atom is -0.267 e. The highest BCUT2D eigenvalue weighted by Gasteiger charge is 2.08. The van der Waals surface area contributed by atoms with Gasteiger partial charge < -0.3 is 0 Å². The molecule has 0 aromatic carbocycles. The van der Waals surface area contributed by atoms with E-state index >= 15 is 0 Å². The summed E-state index contributed by atoms with van der Waals surface area (Å²) in [6, 6.07) is 0. The molecule has 70 valence electrons. The molecule has 2 rings (SSSR count). The van der Waals surface area contributed by atoms with Crippen LogP contribution in [0.2, 0.25) is 5.15 Å². The van der Waals surface area contributed by atoms with E-state index in [0.29, 0.717) is 27.2 Å². The molecule has 0 aliphatic carbocycles. The molecule has 6 heteroatoms. The fraction of sp³-hybridized carbons (Fsp3) is 0.125. The van der Waals surface area contributed by atoms with Crippen molar-refractivity contribution in [2.24, 2.45) is 0 Å². The van der Waals surface area contributed by atoms with E-state index in [9.17, 15) is 0 Å². The van der Waals surface area contributed by atoms with E-state index in [1.165, 1.54) is 6.33 Å². The Labute approximate surface area is 93.2 Å². The highest BCUT2D eigenvalue weighted by molar-refractivity contribution is 9.09. The molecule has 14 heavy (non-hydrogen) atoms. The van der Waals surface area contributed by atoms with Crippen molar-refractivity contribution in [3.8, 4) is 11.8 Å². The molecule has 2 heterocycles. The quantitative estimate of drug-likeness (QED) is 0.451. The summed E-state index contributed by atoms with van der Waals surface area (Å²) >= 11 is 9.10. The van der Waals surface area contributed by atoms with Crippen LogP contribution in [0, 0.1) is 11.8 Å². The van der Waals surface area contributed by atoms with Crippen LogP contribution in [0.4, 0.5) is 0 Å². The van der Waals surface area contributed by atoms with E-state index < -0.39 is 0 Å². The molecule has 1 N–H and O–H groups in total. The molecule has 0 aliphatic heterocycles. The Hall–Kier alpha value is -1.12. The van der Waals surface area contributed by atoms with Crippen LogP contribution in [-0.4, -0.2) is 25.5 Å². The molecule has 0 saturated carbocycles. The summed E-state index contributed by atoms with van der Waals surface area (Å²) in [4.78, 5) is 7.82. The van der Waals surface area contributed by atoms with Gasteiger partial charge in [0.05, 0.1) is 10.7 Å². The zero-order valence-corrected chi connectivity index (χ0v) is 9.22. The fourth-order valence-electron chi connectivity index (χ4n) is 1.03. The number of H-pyrrole nitrogens is 1. The van der Waals surface area contributed by atoms with Gasteiger partial charge in [0.25, 0.3) is 0 Å². The summed E-state index contributed by atoms with van der Waals surface area (Å²) in [5.74, 6) is 5.73. The van der Waals surface area contributed by atoms with Crippen molar-refractivity contribution in [1.82, 2.24) is 20.2 Å². The first-order chi connectivity index (χ1) is 6.83. The Balaban J connectivity index is 2.67. The predicted molar refractivity (Wildman–Crippen MR) is 57.4 cm³/mol. The van der Waals surface area contributed by atoms with E-state index in [1.54, 1.807) is 0 Å². The highest BCUT2D eigenvalue weighted by Crippen LogP contribution is 2.19. The fourth-order valence-corrected chi connectivity index (χ4v) is 1.40. The molecular weight excluding hydrogens is 267 g/mol. The van der Waals surface area contributed by atoms with Crippen molar-refractivity contribution < 1.29 is 0 Å². The zero-order chi connectivity index (χ0) is 9.97. The average molecular weight is 272 g/mol. The SMILES string of the molecule is Clc1ncnc2n[nH]c(C#CCBr)c12. The van der Waals surface area contributed by atoms with Gasteiger partial charge in [-0.15, -0.1) is 0 Å². The molecule has 0 bridgehead atoms. The molecular formula is C8H4BrClN4. The molecule has 0 unspecified atom stereocenters. The molecule has 0 saturated heterocycles. The normalized spacial score (nSPS) is 9.86.